The molecule has 0 unspecified atom stereocenters. The van der Waals surface area contributed by atoms with E-state index in [4.69, 9.17) is 5.11 Å². The molecule has 0 aliphatic rings. The van der Waals surface area contributed by atoms with E-state index in [0.717, 1.165) is 0 Å². The molecule has 0 fully saturated rings. The summed E-state index contributed by atoms with van der Waals surface area (Å²) in [4.78, 5) is 75.1. The lowest BCUT2D eigenvalue weighted by atomic mass is 9.97. The van der Waals surface area contributed by atoms with Crippen molar-refractivity contribution < 1.29 is 39.0 Å². The third-order valence-electron chi connectivity index (χ3n) is 7.25. The average Bonchev–Trinajstić information content (AvgIpc) is 2.95. The van der Waals surface area contributed by atoms with Crippen LogP contribution in [0.5, 0.6) is 0 Å². The number of aliphatic hydroxyl groups is 1. The Labute approximate surface area is 273 Å². The van der Waals surface area contributed by atoms with Gasteiger partial charge in [0, 0.05) is 19.4 Å². The number of thioether (sulfide) groups is 1. The Balaban J connectivity index is 0. The van der Waals surface area contributed by atoms with Gasteiger partial charge in [-0.25, -0.2) is 0 Å². The molecule has 14 heteroatoms. The van der Waals surface area contributed by atoms with Crippen LogP contribution >= 0.6 is 11.8 Å². The van der Waals surface area contributed by atoms with Crippen LogP contribution in [0.4, 0.5) is 0 Å². The second kappa shape index (κ2) is 24.4. The lowest BCUT2D eigenvalue weighted by molar-refractivity contribution is -0.137. The highest BCUT2D eigenvalue weighted by Gasteiger charge is 2.32. The van der Waals surface area contributed by atoms with Crippen molar-refractivity contribution in [1.29, 1.82) is 0 Å². The summed E-state index contributed by atoms with van der Waals surface area (Å²) >= 11 is 1.51. The molecular formula is C31H59N5O8S. The smallest absolute Gasteiger partial charge is 0.303 e. The highest BCUT2D eigenvalue weighted by Crippen LogP contribution is 2.13. The van der Waals surface area contributed by atoms with Crippen molar-refractivity contribution in [2.75, 3.05) is 18.6 Å². The number of nitrogens with one attached hydrogen (secondary N) is 5. The third-order valence-corrected chi connectivity index (χ3v) is 7.90. The number of carboxylic acids is 1. The van der Waals surface area contributed by atoms with Gasteiger partial charge in [0.25, 0.3) is 0 Å². The summed E-state index contributed by atoms with van der Waals surface area (Å²) in [7, 11) is 0. The number of carbonyl (C=O) groups is 6. The topological polar surface area (TPSA) is 203 Å². The van der Waals surface area contributed by atoms with Gasteiger partial charge in [0.05, 0.1) is 18.6 Å². The Bertz CT molecular complexity index is 936. The molecule has 262 valence electrons. The highest BCUT2D eigenvalue weighted by atomic mass is 32.2. The predicted octanol–water partition coefficient (Wildman–Crippen LogP) is 1.96. The van der Waals surface area contributed by atoms with E-state index in [1.54, 1.807) is 27.7 Å². The molecule has 0 saturated carbocycles. The molecule has 0 radical (unpaired) electrons. The number of hydrogen-bond acceptors (Lipinski definition) is 8. The SMILES string of the molecule is C.CCC[C@H](NC(=O)[C@@H](NC(=O)CCCC(=O)O)[C@@H](C)CC)C(=O)N[C@@H](CCSC)[C@@H](O)CC(=O)N[C@H](C(=O)NCC)C(C)C. The van der Waals surface area contributed by atoms with Gasteiger partial charge >= 0.3 is 5.97 Å². The molecule has 0 aromatic rings. The van der Waals surface area contributed by atoms with Crippen molar-refractivity contribution in [1.82, 2.24) is 26.6 Å². The van der Waals surface area contributed by atoms with Crippen LogP contribution < -0.4 is 26.6 Å². The number of rotatable bonds is 23. The molecule has 0 rings (SSSR count). The van der Waals surface area contributed by atoms with Crippen LogP contribution in [0.2, 0.25) is 0 Å². The molecule has 45 heavy (non-hydrogen) atoms. The Morgan fingerprint density at radius 1 is 0.778 bits per heavy atom. The van der Waals surface area contributed by atoms with Gasteiger partial charge in [0.2, 0.25) is 29.5 Å². The summed E-state index contributed by atoms with van der Waals surface area (Å²) < 4.78 is 0. The van der Waals surface area contributed by atoms with Crippen LogP contribution in [0.3, 0.4) is 0 Å². The first-order valence-corrected chi connectivity index (χ1v) is 17.0. The molecular weight excluding hydrogens is 602 g/mol. The molecule has 0 aliphatic heterocycles. The van der Waals surface area contributed by atoms with E-state index in [0.29, 0.717) is 38.0 Å². The van der Waals surface area contributed by atoms with E-state index < -0.39 is 59.9 Å². The molecule has 0 aliphatic carbocycles. The fourth-order valence-corrected chi connectivity index (χ4v) is 4.93. The number of aliphatic hydroxyl groups excluding tert-OH is 1. The minimum Gasteiger partial charge on any atom is -0.481 e. The van der Waals surface area contributed by atoms with E-state index in [1.807, 2.05) is 20.1 Å². The van der Waals surface area contributed by atoms with Gasteiger partial charge in [-0.05, 0) is 50.0 Å². The van der Waals surface area contributed by atoms with Crippen LogP contribution in [0.25, 0.3) is 0 Å². The number of amides is 5. The third kappa shape index (κ3) is 18.0. The first kappa shape index (κ1) is 44.3. The van der Waals surface area contributed by atoms with Gasteiger partial charge in [-0.3, -0.25) is 28.8 Å². The maximum absolute atomic E-state index is 13.4. The average molecular weight is 662 g/mol. The van der Waals surface area contributed by atoms with Crippen LogP contribution in [0.15, 0.2) is 0 Å². The number of carbonyl (C=O) groups excluding carboxylic acids is 5. The Morgan fingerprint density at radius 2 is 1.40 bits per heavy atom. The van der Waals surface area contributed by atoms with Gasteiger partial charge in [-0.15, -0.1) is 0 Å². The van der Waals surface area contributed by atoms with E-state index in [9.17, 15) is 33.9 Å². The molecule has 0 aromatic heterocycles. The Kier molecular flexibility index (Phi) is 24.0. The number of carboxylic acid groups (broad SMARTS) is 1. The van der Waals surface area contributed by atoms with E-state index in [1.165, 1.54) is 11.8 Å². The predicted molar refractivity (Wildman–Crippen MR) is 177 cm³/mol. The summed E-state index contributed by atoms with van der Waals surface area (Å²) in [6.45, 7) is 11.3. The molecule has 13 nitrogen and oxygen atoms in total. The fraction of sp³-hybridized carbons (Fsp3) is 0.806. The quantitative estimate of drug-likeness (QED) is 0.0854. The molecule has 5 amide bonds. The van der Waals surface area contributed by atoms with Crippen LogP contribution in [-0.2, 0) is 28.8 Å². The van der Waals surface area contributed by atoms with Gasteiger partial charge in [-0.2, -0.15) is 11.8 Å². The van der Waals surface area contributed by atoms with Gasteiger partial charge in [0.15, 0.2) is 0 Å². The molecule has 0 heterocycles. The maximum atomic E-state index is 13.4. The summed E-state index contributed by atoms with van der Waals surface area (Å²) in [5.41, 5.74) is 0. The van der Waals surface area contributed by atoms with Gasteiger partial charge in [-0.1, -0.05) is 54.9 Å². The monoisotopic (exact) mass is 661 g/mol. The number of aliphatic carboxylic acids is 1. The summed E-state index contributed by atoms with van der Waals surface area (Å²) in [6, 6.07) is -3.44. The van der Waals surface area contributed by atoms with Gasteiger partial charge < -0.3 is 36.8 Å². The lowest BCUT2D eigenvalue weighted by Gasteiger charge is -2.29. The van der Waals surface area contributed by atoms with E-state index >= 15 is 0 Å². The van der Waals surface area contributed by atoms with Crippen molar-refractivity contribution in [3.63, 3.8) is 0 Å². The zero-order chi connectivity index (χ0) is 33.8. The zero-order valence-corrected chi connectivity index (χ0v) is 28.2. The number of likely N-dealkylation sites (N-methyl/N-ethyl adjacent to an activating group) is 1. The standard InChI is InChI=1S/C30H55N5O8S.CH4/c1-8-12-21(33-30(43)27(19(6)9-2)34-23(37)13-11-14-25(39)40)28(41)32-20(15-16-44-7)22(36)17-24(38)35-26(18(4)5)29(42)31-10-3;/h18-22,26-27,36H,8-17H2,1-7H3,(H,31,42)(H,32,41)(H,33,43)(H,34,37)(H,35,38)(H,39,40);1H4/t19-,20-,21-,22-,26-,27-;/m0./s1. The van der Waals surface area contributed by atoms with Crippen LogP contribution in [0.1, 0.15) is 100 Å². The molecule has 0 spiro atoms. The minimum absolute atomic E-state index is 0. The molecule has 0 saturated heterocycles. The largest absolute Gasteiger partial charge is 0.481 e. The summed E-state index contributed by atoms with van der Waals surface area (Å²) in [5, 5.41) is 33.4. The molecule has 0 aromatic carbocycles. The van der Waals surface area contributed by atoms with E-state index in [2.05, 4.69) is 26.6 Å². The normalized spacial score (nSPS) is 14.9. The molecule has 0 bridgehead atoms. The number of hydrogen-bond donors (Lipinski definition) is 7. The van der Waals surface area contributed by atoms with E-state index in [-0.39, 0.29) is 50.9 Å². The maximum Gasteiger partial charge on any atom is 0.303 e. The van der Waals surface area contributed by atoms with Crippen molar-refractivity contribution in [2.45, 2.75) is 131 Å². The second-order valence-corrected chi connectivity index (χ2v) is 12.4. The Hall–Kier alpha value is -2.87. The van der Waals surface area contributed by atoms with Crippen molar-refractivity contribution in [2.24, 2.45) is 11.8 Å². The Morgan fingerprint density at radius 3 is 1.91 bits per heavy atom. The van der Waals surface area contributed by atoms with Crippen molar-refractivity contribution in [3.8, 4) is 0 Å². The minimum atomic E-state index is -1.25. The molecule has 6 atom stereocenters. The molecule has 7 N–H and O–H groups in total. The lowest BCUT2D eigenvalue weighted by Crippen LogP contribution is -2.57. The summed E-state index contributed by atoms with van der Waals surface area (Å²) in [5.74, 6) is -3.21. The first-order chi connectivity index (χ1) is 20.7. The van der Waals surface area contributed by atoms with Crippen LogP contribution in [0, 0.1) is 11.8 Å². The van der Waals surface area contributed by atoms with Crippen molar-refractivity contribution >= 4 is 47.3 Å². The van der Waals surface area contributed by atoms with Crippen LogP contribution in [-0.4, -0.2) is 94.5 Å². The first-order valence-electron chi connectivity index (χ1n) is 15.6. The highest BCUT2D eigenvalue weighted by molar-refractivity contribution is 7.98. The second-order valence-electron chi connectivity index (χ2n) is 11.4. The summed E-state index contributed by atoms with van der Waals surface area (Å²) in [6.07, 6.45) is 2.01. The zero-order valence-electron chi connectivity index (χ0n) is 27.4. The fourth-order valence-electron chi connectivity index (χ4n) is 4.44. The van der Waals surface area contributed by atoms with Gasteiger partial charge in [0.1, 0.15) is 18.1 Å². The van der Waals surface area contributed by atoms with Crippen molar-refractivity contribution in [3.05, 3.63) is 0 Å².